The van der Waals surface area contributed by atoms with Gasteiger partial charge in [0.05, 0.1) is 28.4 Å². The van der Waals surface area contributed by atoms with Crippen molar-refractivity contribution in [2.45, 2.75) is 6.61 Å². The van der Waals surface area contributed by atoms with Crippen LogP contribution < -0.4 is 0 Å². The molecule has 0 aliphatic heterocycles. The molecule has 20 heavy (non-hydrogen) atoms. The van der Waals surface area contributed by atoms with E-state index in [2.05, 4.69) is 4.98 Å². The predicted octanol–water partition coefficient (Wildman–Crippen LogP) is 1.85. The molecule has 1 heterocycles. The smallest absolute Gasteiger partial charge is 0.337 e. The molecule has 0 unspecified atom stereocenters. The molecule has 7 nitrogen and oxygen atoms in total. The number of hydrogen-bond donors (Lipinski definition) is 2. The van der Waals surface area contributed by atoms with E-state index < -0.39 is 17.5 Å². The topological polar surface area (TPSA) is 114 Å². The molecule has 0 bridgehead atoms. The molecule has 2 N–H and O–H groups in total. The fourth-order valence-electron chi connectivity index (χ4n) is 1.93. The number of aliphatic hydroxyl groups is 1. The van der Waals surface area contributed by atoms with E-state index in [-0.39, 0.29) is 28.1 Å². The highest BCUT2D eigenvalue weighted by Gasteiger charge is 2.21. The van der Waals surface area contributed by atoms with Crippen LogP contribution >= 0.6 is 0 Å². The van der Waals surface area contributed by atoms with Crippen LogP contribution in [0.4, 0.5) is 5.69 Å². The summed E-state index contributed by atoms with van der Waals surface area (Å²) in [7, 11) is 0. The van der Waals surface area contributed by atoms with Crippen LogP contribution in [0.1, 0.15) is 15.9 Å². The highest BCUT2D eigenvalue weighted by atomic mass is 16.6. The summed E-state index contributed by atoms with van der Waals surface area (Å²) in [5, 5.41) is 29.4. The fourth-order valence-corrected chi connectivity index (χ4v) is 1.93. The summed E-state index contributed by atoms with van der Waals surface area (Å²) in [5.74, 6) is -1.19. The van der Waals surface area contributed by atoms with E-state index in [9.17, 15) is 20.0 Å². The van der Waals surface area contributed by atoms with Crippen molar-refractivity contribution in [1.82, 2.24) is 4.98 Å². The minimum Gasteiger partial charge on any atom is -0.478 e. The van der Waals surface area contributed by atoms with Crippen molar-refractivity contribution in [3.8, 4) is 11.3 Å². The summed E-state index contributed by atoms with van der Waals surface area (Å²) in [5.41, 5.74) is 0.0147. The largest absolute Gasteiger partial charge is 0.478 e. The van der Waals surface area contributed by atoms with Crippen LogP contribution in [0.25, 0.3) is 11.3 Å². The molecule has 0 aliphatic rings. The summed E-state index contributed by atoms with van der Waals surface area (Å²) < 4.78 is 0. The van der Waals surface area contributed by atoms with Gasteiger partial charge in [-0.25, -0.2) is 4.79 Å². The van der Waals surface area contributed by atoms with Crippen LogP contribution in [0.5, 0.6) is 0 Å². The van der Waals surface area contributed by atoms with E-state index >= 15 is 0 Å². The molecular weight excluding hydrogens is 264 g/mol. The Morgan fingerprint density at radius 1 is 1.30 bits per heavy atom. The number of carbonyl (C=O) groups is 1. The number of rotatable bonds is 4. The van der Waals surface area contributed by atoms with Gasteiger partial charge < -0.3 is 10.2 Å². The Morgan fingerprint density at radius 2 is 2.05 bits per heavy atom. The molecule has 2 rings (SSSR count). The van der Waals surface area contributed by atoms with Crippen molar-refractivity contribution in [1.29, 1.82) is 0 Å². The maximum absolute atomic E-state index is 11.2. The number of aromatic nitrogens is 1. The number of carboxylic acid groups (broad SMARTS) is 1. The molecule has 0 fully saturated rings. The van der Waals surface area contributed by atoms with Gasteiger partial charge in [0.25, 0.3) is 5.69 Å². The zero-order valence-corrected chi connectivity index (χ0v) is 10.2. The average molecular weight is 274 g/mol. The second kappa shape index (κ2) is 5.45. The third-order valence-electron chi connectivity index (χ3n) is 2.80. The normalized spacial score (nSPS) is 10.2. The van der Waals surface area contributed by atoms with E-state index in [0.29, 0.717) is 0 Å². The first-order valence-electron chi connectivity index (χ1n) is 5.62. The zero-order chi connectivity index (χ0) is 14.7. The third-order valence-corrected chi connectivity index (χ3v) is 2.80. The monoisotopic (exact) mass is 274 g/mol. The summed E-state index contributed by atoms with van der Waals surface area (Å²) in [6.45, 7) is -0.581. The number of carboxylic acids is 1. The summed E-state index contributed by atoms with van der Waals surface area (Å²) in [6.07, 6.45) is 1.39. The van der Waals surface area contributed by atoms with Gasteiger partial charge in [-0.05, 0) is 12.1 Å². The molecule has 0 saturated heterocycles. The molecule has 7 heteroatoms. The van der Waals surface area contributed by atoms with Crippen molar-refractivity contribution in [2.24, 2.45) is 0 Å². The fraction of sp³-hybridized carbons (Fsp3) is 0.0769. The van der Waals surface area contributed by atoms with Crippen molar-refractivity contribution >= 4 is 11.7 Å². The van der Waals surface area contributed by atoms with Crippen molar-refractivity contribution in [3.05, 3.63) is 57.8 Å². The van der Waals surface area contributed by atoms with Crippen molar-refractivity contribution < 1.29 is 19.9 Å². The van der Waals surface area contributed by atoms with Crippen LogP contribution in [0.2, 0.25) is 0 Å². The molecule has 0 radical (unpaired) electrons. The first kappa shape index (κ1) is 13.6. The molecule has 0 amide bonds. The second-order valence-corrected chi connectivity index (χ2v) is 3.92. The highest BCUT2D eigenvalue weighted by Crippen LogP contribution is 2.31. The molecule has 0 atom stereocenters. The summed E-state index contributed by atoms with van der Waals surface area (Å²) in [4.78, 5) is 25.5. The first-order chi connectivity index (χ1) is 9.56. The quantitative estimate of drug-likeness (QED) is 0.649. The summed E-state index contributed by atoms with van der Waals surface area (Å²) in [6, 6.07) is 6.98. The van der Waals surface area contributed by atoms with Crippen LogP contribution in [0.3, 0.4) is 0 Å². The minimum atomic E-state index is -1.19. The Bertz CT molecular complexity index is 684. The van der Waals surface area contributed by atoms with Crippen LogP contribution in [-0.2, 0) is 6.61 Å². The minimum absolute atomic E-state index is 0.0405. The Balaban J connectivity index is 2.74. The lowest BCUT2D eigenvalue weighted by Crippen LogP contribution is -2.04. The molecular formula is C13H10N2O5. The van der Waals surface area contributed by atoms with Gasteiger partial charge in [0.1, 0.15) is 0 Å². The van der Waals surface area contributed by atoms with Gasteiger partial charge in [0, 0.05) is 17.8 Å². The van der Waals surface area contributed by atoms with Gasteiger partial charge in [-0.1, -0.05) is 12.1 Å². The predicted molar refractivity (Wildman–Crippen MR) is 69.2 cm³/mol. The average Bonchev–Trinajstić information content (AvgIpc) is 2.46. The Labute approximate surface area is 113 Å². The van der Waals surface area contributed by atoms with Crippen LogP contribution in [0.15, 0.2) is 36.5 Å². The number of aliphatic hydroxyl groups excluding tert-OH is 1. The lowest BCUT2D eigenvalue weighted by atomic mass is 9.99. The second-order valence-electron chi connectivity index (χ2n) is 3.92. The molecule has 0 aliphatic carbocycles. The molecule has 0 spiro atoms. The van der Waals surface area contributed by atoms with Crippen molar-refractivity contribution in [3.63, 3.8) is 0 Å². The van der Waals surface area contributed by atoms with Crippen LogP contribution in [-0.4, -0.2) is 26.1 Å². The van der Waals surface area contributed by atoms with Gasteiger partial charge in [-0.2, -0.15) is 0 Å². The molecule has 1 aromatic heterocycles. The zero-order valence-electron chi connectivity index (χ0n) is 10.2. The Morgan fingerprint density at radius 3 is 2.65 bits per heavy atom. The molecule has 0 saturated carbocycles. The van der Waals surface area contributed by atoms with Crippen molar-refractivity contribution in [2.75, 3.05) is 0 Å². The number of nitrogens with zero attached hydrogens (tertiary/aromatic N) is 2. The number of pyridine rings is 1. The van der Waals surface area contributed by atoms with Crippen LogP contribution in [0, 0.1) is 10.1 Å². The van der Waals surface area contributed by atoms with Gasteiger partial charge in [-0.3, -0.25) is 15.1 Å². The van der Waals surface area contributed by atoms with E-state index in [1.54, 1.807) is 0 Å². The summed E-state index contributed by atoms with van der Waals surface area (Å²) >= 11 is 0. The lowest BCUT2D eigenvalue weighted by Gasteiger charge is -2.09. The number of nitro groups is 1. The molecule has 2 aromatic rings. The Kier molecular flexibility index (Phi) is 3.72. The molecule has 1 aromatic carbocycles. The number of nitro benzene ring substituents is 1. The maximum atomic E-state index is 11.2. The molecule has 102 valence electrons. The van der Waals surface area contributed by atoms with Gasteiger partial charge >= 0.3 is 5.97 Å². The number of aromatic carboxylic acids is 1. The first-order valence-corrected chi connectivity index (χ1v) is 5.62. The SMILES string of the molecule is O=C(O)c1cccnc1-c1cccc([N+](=O)[O-])c1CO. The van der Waals surface area contributed by atoms with E-state index in [0.717, 1.165) is 0 Å². The van der Waals surface area contributed by atoms with Gasteiger partial charge in [0.2, 0.25) is 0 Å². The Hall–Kier alpha value is -2.80. The van der Waals surface area contributed by atoms with E-state index in [4.69, 9.17) is 5.11 Å². The number of benzene rings is 1. The van der Waals surface area contributed by atoms with Gasteiger partial charge in [0.15, 0.2) is 0 Å². The number of hydrogen-bond acceptors (Lipinski definition) is 5. The standard InChI is InChI=1S/C13H10N2O5/c16-7-10-8(3-1-5-11(10)15(19)20)12-9(13(17)18)4-2-6-14-12/h1-6,16H,7H2,(H,17,18). The lowest BCUT2D eigenvalue weighted by molar-refractivity contribution is -0.385. The van der Waals surface area contributed by atoms with E-state index in [1.807, 2.05) is 0 Å². The maximum Gasteiger partial charge on any atom is 0.337 e. The van der Waals surface area contributed by atoms with Gasteiger partial charge in [-0.15, -0.1) is 0 Å². The third kappa shape index (κ3) is 2.34. The highest BCUT2D eigenvalue weighted by molar-refractivity contribution is 5.95. The van der Waals surface area contributed by atoms with E-state index in [1.165, 1.54) is 36.5 Å².